The third-order valence-electron chi connectivity index (χ3n) is 4.57. The third kappa shape index (κ3) is 6.19. The van der Waals surface area contributed by atoms with E-state index in [-0.39, 0.29) is 34.8 Å². The van der Waals surface area contributed by atoms with E-state index >= 15 is 0 Å². The van der Waals surface area contributed by atoms with E-state index in [1.54, 1.807) is 49.8 Å². The molecule has 4 rings (SSSR count). The lowest BCUT2D eigenvalue weighted by molar-refractivity contribution is -0.384. The summed E-state index contributed by atoms with van der Waals surface area (Å²) in [5.74, 6) is 1.77. The molecule has 2 aromatic carbocycles. The molecule has 0 saturated heterocycles. The van der Waals surface area contributed by atoms with E-state index in [2.05, 4.69) is 36.1 Å². The fraction of sp³-hybridized carbons (Fsp3) is 0.0909. The predicted molar refractivity (Wildman–Crippen MR) is 128 cm³/mol. The number of anilines is 4. The van der Waals surface area contributed by atoms with Crippen LogP contribution >= 0.6 is 0 Å². The molecule has 0 bridgehead atoms. The molecule has 178 valence electrons. The molecule has 0 spiro atoms. The van der Waals surface area contributed by atoms with Crippen LogP contribution in [0.2, 0.25) is 0 Å². The highest BCUT2D eigenvalue weighted by molar-refractivity contribution is 5.84. The van der Waals surface area contributed by atoms with Crippen molar-refractivity contribution in [3.05, 3.63) is 82.3 Å². The van der Waals surface area contributed by atoms with Gasteiger partial charge < -0.3 is 24.9 Å². The van der Waals surface area contributed by atoms with E-state index in [4.69, 9.17) is 9.15 Å². The van der Waals surface area contributed by atoms with Gasteiger partial charge in [0.1, 0.15) is 17.3 Å². The van der Waals surface area contributed by atoms with Crippen molar-refractivity contribution in [2.75, 3.05) is 23.2 Å². The number of aromatic hydroxyl groups is 1. The smallest absolute Gasteiger partial charge is 0.270 e. The number of rotatable bonds is 10. The number of nitro benzene ring substituents is 1. The number of nitrogens with zero attached hydrogens (tertiary/aromatic N) is 5. The largest absolute Gasteiger partial charge is 0.507 e. The number of methoxy groups -OCH3 is 1. The molecule has 0 atom stereocenters. The summed E-state index contributed by atoms with van der Waals surface area (Å²) < 4.78 is 10.5. The topological polar surface area (TPSA) is 173 Å². The number of furan rings is 1. The molecule has 35 heavy (non-hydrogen) atoms. The highest BCUT2D eigenvalue weighted by Gasteiger charge is 2.10. The van der Waals surface area contributed by atoms with Crippen LogP contribution in [0.15, 0.2) is 70.4 Å². The second kappa shape index (κ2) is 10.6. The van der Waals surface area contributed by atoms with Crippen LogP contribution in [0.1, 0.15) is 11.3 Å². The summed E-state index contributed by atoms with van der Waals surface area (Å²) in [7, 11) is 1.58. The van der Waals surface area contributed by atoms with Crippen molar-refractivity contribution in [2.45, 2.75) is 6.54 Å². The molecule has 0 unspecified atom stereocenters. The molecule has 4 aromatic rings. The first-order chi connectivity index (χ1) is 17.0. The summed E-state index contributed by atoms with van der Waals surface area (Å²) in [5, 5.41) is 31.0. The van der Waals surface area contributed by atoms with Gasteiger partial charge in [0.15, 0.2) is 0 Å². The fourth-order valence-corrected chi connectivity index (χ4v) is 2.86. The van der Waals surface area contributed by atoms with E-state index in [1.807, 2.05) is 0 Å². The summed E-state index contributed by atoms with van der Waals surface area (Å²) in [5.41, 5.74) is 3.33. The van der Waals surface area contributed by atoms with Gasteiger partial charge in [-0.25, -0.2) is 5.43 Å². The average Bonchev–Trinajstić information content (AvgIpc) is 3.38. The molecule has 0 amide bonds. The van der Waals surface area contributed by atoms with Gasteiger partial charge in [-0.3, -0.25) is 10.1 Å². The Morgan fingerprint density at radius 1 is 1.11 bits per heavy atom. The summed E-state index contributed by atoms with van der Waals surface area (Å²) in [6, 6.07) is 14.4. The van der Waals surface area contributed by atoms with Crippen molar-refractivity contribution in [1.29, 1.82) is 0 Å². The molecular weight excluding hydrogens is 456 g/mol. The van der Waals surface area contributed by atoms with Gasteiger partial charge in [-0.15, -0.1) is 0 Å². The number of ether oxygens (including phenoxy) is 1. The summed E-state index contributed by atoms with van der Waals surface area (Å²) in [6.07, 6.45) is 2.78. The van der Waals surface area contributed by atoms with Gasteiger partial charge in [0.25, 0.3) is 5.69 Å². The molecule has 0 saturated carbocycles. The van der Waals surface area contributed by atoms with Crippen LogP contribution in [0.5, 0.6) is 11.5 Å². The van der Waals surface area contributed by atoms with Crippen LogP contribution in [0.3, 0.4) is 0 Å². The molecule has 13 heteroatoms. The van der Waals surface area contributed by atoms with E-state index in [0.717, 1.165) is 0 Å². The Kier molecular flexibility index (Phi) is 6.97. The first kappa shape index (κ1) is 23.0. The number of benzene rings is 2. The molecule has 2 heterocycles. The van der Waals surface area contributed by atoms with Crippen LogP contribution in [0.25, 0.3) is 0 Å². The Balaban J connectivity index is 1.55. The lowest BCUT2D eigenvalue weighted by Gasteiger charge is -2.10. The number of phenols is 1. The van der Waals surface area contributed by atoms with E-state index < -0.39 is 4.92 Å². The van der Waals surface area contributed by atoms with Gasteiger partial charge >= 0.3 is 0 Å². The molecule has 0 aliphatic rings. The maximum Gasteiger partial charge on any atom is 0.270 e. The number of nitrogens with one attached hydrogen (secondary N) is 3. The van der Waals surface area contributed by atoms with Gasteiger partial charge in [-0.2, -0.15) is 20.1 Å². The highest BCUT2D eigenvalue weighted by atomic mass is 16.6. The zero-order chi connectivity index (χ0) is 24.6. The minimum atomic E-state index is -0.565. The number of hydrogen-bond donors (Lipinski definition) is 4. The first-order valence-corrected chi connectivity index (χ1v) is 10.2. The Morgan fingerprint density at radius 2 is 1.89 bits per heavy atom. The number of aromatic nitrogens is 3. The van der Waals surface area contributed by atoms with Crippen LogP contribution < -0.4 is 20.8 Å². The minimum absolute atomic E-state index is 0.0825. The SMILES string of the molecule is COc1ccc(Nc2nc(NCc3ccco3)nc(N/N=C/c3cc([N+](=O)[O-])ccc3O)n2)cc1. The Labute approximate surface area is 198 Å². The minimum Gasteiger partial charge on any atom is -0.507 e. The molecule has 4 N–H and O–H groups in total. The van der Waals surface area contributed by atoms with E-state index in [1.165, 1.54) is 24.4 Å². The Bertz CT molecular complexity index is 1330. The van der Waals surface area contributed by atoms with Crippen molar-refractivity contribution in [3.8, 4) is 11.5 Å². The maximum atomic E-state index is 11.0. The first-order valence-electron chi connectivity index (χ1n) is 10.2. The second-order valence-corrected chi connectivity index (χ2v) is 6.96. The van der Waals surface area contributed by atoms with Crippen molar-refractivity contribution in [1.82, 2.24) is 15.0 Å². The number of hydrogen-bond acceptors (Lipinski definition) is 12. The molecule has 2 aromatic heterocycles. The fourth-order valence-electron chi connectivity index (χ4n) is 2.86. The zero-order valence-electron chi connectivity index (χ0n) is 18.4. The zero-order valence-corrected chi connectivity index (χ0v) is 18.4. The second-order valence-electron chi connectivity index (χ2n) is 6.96. The van der Waals surface area contributed by atoms with Crippen molar-refractivity contribution in [3.63, 3.8) is 0 Å². The van der Waals surface area contributed by atoms with Gasteiger partial charge in [-0.05, 0) is 42.5 Å². The Morgan fingerprint density at radius 3 is 2.60 bits per heavy atom. The van der Waals surface area contributed by atoms with Crippen molar-refractivity contribution >= 4 is 35.4 Å². The van der Waals surface area contributed by atoms with Crippen molar-refractivity contribution < 1.29 is 19.2 Å². The lowest BCUT2D eigenvalue weighted by atomic mass is 10.2. The van der Waals surface area contributed by atoms with Crippen LogP contribution in [-0.2, 0) is 6.54 Å². The Hall–Kier alpha value is -5.20. The monoisotopic (exact) mass is 476 g/mol. The van der Waals surface area contributed by atoms with E-state index in [0.29, 0.717) is 23.7 Å². The van der Waals surface area contributed by atoms with Crippen LogP contribution in [0.4, 0.5) is 29.2 Å². The van der Waals surface area contributed by atoms with Gasteiger partial charge in [0.05, 0.1) is 31.1 Å². The molecule has 13 nitrogen and oxygen atoms in total. The number of hydrazone groups is 1. The number of nitro groups is 1. The van der Waals surface area contributed by atoms with Crippen LogP contribution in [0, 0.1) is 10.1 Å². The highest BCUT2D eigenvalue weighted by Crippen LogP contribution is 2.22. The van der Waals surface area contributed by atoms with E-state index in [9.17, 15) is 15.2 Å². The number of phenolic OH excluding ortho intramolecular Hbond substituents is 1. The van der Waals surface area contributed by atoms with Gasteiger partial charge in [0, 0.05) is 23.4 Å². The quantitative estimate of drug-likeness (QED) is 0.148. The molecule has 0 radical (unpaired) electrons. The molecule has 0 aliphatic carbocycles. The summed E-state index contributed by atoms with van der Waals surface area (Å²) >= 11 is 0. The maximum absolute atomic E-state index is 11.0. The molecule has 0 fully saturated rings. The summed E-state index contributed by atoms with van der Waals surface area (Å²) in [4.78, 5) is 23.3. The van der Waals surface area contributed by atoms with Gasteiger partial charge in [0.2, 0.25) is 17.8 Å². The van der Waals surface area contributed by atoms with Gasteiger partial charge in [-0.1, -0.05) is 0 Å². The normalized spacial score (nSPS) is 10.8. The van der Waals surface area contributed by atoms with Crippen LogP contribution in [-0.4, -0.2) is 38.3 Å². The van der Waals surface area contributed by atoms with Crippen molar-refractivity contribution in [2.24, 2.45) is 5.10 Å². The third-order valence-corrected chi connectivity index (χ3v) is 4.57. The lowest BCUT2D eigenvalue weighted by Crippen LogP contribution is -2.09. The average molecular weight is 476 g/mol. The number of non-ortho nitro benzene ring substituents is 1. The molecule has 0 aliphatic heterocycles. The summed E-state index contributed by atoms with van der Waals surface area (Å²) in [6.45, 7) is 0.337. The molecular formula is C22H20N8O5. The standard InChI is InChI=1S/C22H20N8O5/c1-34-17-7-4-15(5-8-17)25-21-26-20(23-13-18-3-2-10-35-18)27-22(28-21)29-24-12-14-11-16(30(32)33)6-9-19(14)31/h2-12,31H,13H2,1H3,(H3,23,25,26,27,28,29)/b24-12+. The predicted octanol–water partition coefficient (Wildman–Crippen LogP) is 3.89.